The van der Waals surface area contributed by atoms with Crippen LogP contribution in [0, 0.1) is 0 Å². The van der Waals surface area contributed by atoms with Gasteiger partial charge < -0.3 is 9.47 Å². The largest absolute Gasteiger partial charge is 0.486 e. The van der Waals surface area contributed by atoms with Gasteiger partial charge in [0.25, 0.3) is 0 Å². The lowest BCUT2D eigenvalue weighted by molar-refractivity contribution is 0.171. The van der Waals surface area contributed by atoms with E-state index in [4.69, 9.17) is 9.47 Å². The summed E-state index contributed by atoms with van der Waals surface area (Å²) in [6, 6.07) is 6.28. The molecular formula is C13H17BrO2. The first-order valence-electron chi connectivity index (χ1n) is 5.84. The molecule has 2 nitrogen and oxygen atoms in total. The fraction of sp³-hybridized carbons (Fsp3) is 0.538. The Morgan fingerprint density at radius 3 is 2.62 bits per heavy atom. The third-order valence-corrected chi connectivity index (χ3v) is 3.27. The van der Waals surface area contributed by atoms with Crippen LogP contribution in [0.5, 0.6) is 11.5 Å². The Bertz CT molecular complexity index is 339. The summed E-state index contributed by atoms with van der Waals surface area (Å²) in [5, 5.41) is 1.11. The first-order chi connectivity index (χ1) is 7.90. The first-order valence-corrected chi connectivity index (χ1v) is 6.97. The van der Waals surface area contributed by atoms with E-state index >= 15 is 0 Å². The third-order valence-electron chi connectivity index (χ3n) is 2.71. The Labute approximate surface area is 105 Å². The fourth-order valence-corrected chi connectivity index (χ4v) is 2.24. The maximum atomic E-state index is 5.56. The van der Waals surface area contributed by atoms with E-state index in [-0.39, 0.29) is 0 Å². The van der Waals surface area contributed by atoms with E-state index in [1.807, 2.05) is 6.07 Å². The minimum absolute atomic E-state index is 0.664. The van der Waals surface area contributed by atoms with Gasteiger partial charge in [-0.1, -0.05) is 28.4 Å². The van der Waals surface area contributed by atoms with Crippen LogP contribution in [0.3, 0.4) is 0 Å². The lowest BCUT2D eigenvalue weighted by Crippen LogP contribution is -2.15. The number of unbranched alkanes of at least 4 members (excludes halogenated alkanes) is 2. The van der Waals surface area contributed by atoms with Crippen molar-refractivity contribution in [2.45, 2.75) is 25.7 Å². The van der Waals surface area contributed by atoms with Crippen LogP contribution in [0.25, 0.3) is 0 Å². The number of hydrogen-bond acceptors (Lipinski definition) is 2. The van der Waals surface area contributed by atoms with Crippen LogP contribution in [0.15, 0.2) is 18.2 Å². The third kappa shape index (κ3) is 3.14. The van der Waals surface area contributed by atoms with Crippen molar-refractivity contribution >= 4 is 15.9 Å². The molecule has 0 saturated carbocycles. The van der Waals surface area contributed by atoms with Gasteiger partial charge in [-0.05, 0) is 37.0 Å². The monoisotopic (exact) mass is 284 g/mol. The number of hydrogen-bond donors (Lipinski definition) is 0. The zero-order chi connectivity index (χ0) is 11.2. The number of ether oxygens (including phenoxy) is 2. The second-order valence-electron chi connectivity index (χ2n) is 3.98. The molecule has 0 unspecified atom stereocenters. The van der Waals surface area contributed by atoms with Gasteiger partial charge in [0.15, 0.2) is 11.5 Å². The minimum atomic E-state index is 0.664. The molecule has 0 radical (unpaired) electrons. The Kier molecular flexibility index (Phi) is 4.52. The van der Waals surface area contributed by atoms with Crippen LogP contribution in [-0.2, 0) is 6.42 Å². The lowest BCUT2D eigenvalue weighted by atomic mass is 10.1. The standard InChI is InChI=1S/C13H17BrO2/c14-7-3-1-2-4-11-5-6-12-13(10-11)16-9-8-15-12/h5-6,10H,1-4,7-9H2. The van der Waals surface area contributed by atoms with Crippen LogP contribution in [0.1, 0.15) is 24.8 Å². The average molecular weight is 285 g/mol. The summed E-state index contributed by atoms with van der Waals surface area (Å²) in [6.45, 7) is 1.33. The molecule has 2 rings (SSSR count). The van der Waals surface area contributed by atoms with Gasteiger partial charge in [-0.25, -0.2) is 0 Å². The highest BCUT2D eigenvalue weighted by Gasteiger charge is 2.11. The molecule has 0 N–H and O–H groups in total. The van der Waals surface area contributed by atoms with Crippen molar-refractivity contribution in [3.63, 3.8) is 0 Å². The molecule has 0 saturated heterocycles. The van der Waals surface area contributed by atoms with Crippen LogP contribution >= 0.6 is 15.9 Å². The molecule has 0 atom stereocenters. The predicted octanol–water partition coefficient (Wildman–Crippen LogP) is 3.57. The van der Waals surface area contributed by atoms with Gasteiger partial charge in [-0.15, -0.1) is 0 Å². The summed E-state index contributed by atoms with van der Waals surface area (Å²) in [6.07, 6.45) is 4.90. The first kappa shape index (κ1) is 11.8. The summed E-state index contributed by atoms with van der Waals surface area (Å²) < 4.78 is 11.0. The van der Waals surface area contributed by atoms with Crippen LogP contribution in [-0.4, -0.2) is 18.5 Å². The van der Waals surface area contributed by atoms with Crippen molar-refractivity contribution in [2.75, 3.05) is 18.5 Å². The summed E-state index contributed by atoms with van der Waals surface area (Å²) in [4.78, 5) is 0. The number of fused-ring (bicyclic) bond motifs is 1. The van der Waals surface area contributed by atoms with Gasteiger partial charge in [0, 0.05) is 5.33 Å². The van der Waals surface area contributed by atoms with Gasteiger partial charge in [0.1, 0.15) is 13.2 Å². The van der Waals surface area contributed by atoms with Crippen molar-refractivity contribution in [3.05, 3.63) is 23.8 Å². The number of benzene rings is 1. The maximum Gasteiger partial charge on any atom is 0.161 e. The van der Waals surface area contributed by atoms with E-state index in [0.29, 0.717) is 13.2 Å². The molecule has 1 heterocycles. The molecular weight excluding hydrogens is 268 g/mol. The quantitative estimate of drug-likeness (QED) is 0.608. The highest BCUT2D eigenvalue weighted by Crippen LogP contribution is 2.31. The summed E-state index contributed by atoms with van der Waals surface area (Å²) in [5.74, 6) is 1.79. The SMILES string of the molecule is BrCCCCCc1ccc2c(c1)OCCO2. The van der Waals surface area contributed by atoms with E-state index in [0.717, 1.165) is 23.2 Å². The lowest BCUT2D eigenvalue weighted by Gasteiger charge is -2.18. The summed E-state index contributed by atoms with van der Waals surface area (Å²) in [7, 11) is 0. The fourth-order valence-electron chi connectivity index (χ4n) is 1.84. The van der Waals surface area contributed by atoms with E-state index in [9.17, 15) is 0 Å². The van der Waals surface area contributed by atoms with Gasteiger partial charge in [0.2, 0.25) is 0 Å². The minimum Gasteiger partial charge on any atom is -0.486 e. The second-order valence-corrected chi connectivity index (χ2v) is 4.77. The molecule has 0 bridgehead atoms. The molecule has 0 aliphatic carbocycles. The zero-order valence-electron chi connectivity index (χ0n) is 9.38. The van der Waals surface area contributed by atoms with Crippen LogP contribution in [0.4, 0.5) is 0 Å². The Balaban J connectivity index is 1.90. The molecule has 88 valence electrons. The number of alkyl halides is 1. The van der Waals surface area contributed by atoms with Crippen molar-refractivity contribution in [1.29, 1.82) is 0 Å². The zero-order valence-corrected chi connectivity index (χ0v) is 11.0. The van der Waals surface area contributed by atoms with E-state index in [2.05, 4.69) is 28.1 Å². The highest BCUT2D eigenvalue weighted by atomic mass is 79.9. The van der Waals surface area contributed by atoms with Gasteiger partial charge >= 0.3 is 0 Å². The molecule has 3 heteroatoms. The topological polar surface area (TPSA) is 18.5 Å². The van der Waals surface area contributed by atoms with Crippen molar-refractivity contribution in [3.8, 4) is 11.5 Å². The normalized spacial score (nSPS) is 13.8. The van der Waals surface area contributed by atoms with Gasteiger partial charge in [-0.3, -0.25) is 0 Å². The Morgan fingerprint density at radius 2 is 1.81 bits per heavy atom. The molecule has 1 aromatic rings. The number of aryl methyl sites for hydroxylation is 1. The summed E-state index contributed by atoms with van der Waals surface area (Å²) >= 11 is 3.45. The van der Waals surface area contributed by atoms with Crippen LogP contribution in [0.2, 0.25) is 0 Å². The van der Waals surface area contributed by atoms with Crippen molar-refractivity contribution in [2.24, 2.45) is 0 Å². The average Bonchev–Trinajstić information content (AvgIpc) is 2.34. The molecule has 0 aromatic heterocycles. The van der Waals surface area contributed by atoms with Crippen molar-refractivity contribution in [1.82, 2.24) is 0 Å². The van der Waals surface area contributed by atoms with Crippen LogP contribution < -0.4 is 9.47 Å². The molecule has 0 fully saturated rings. The van der Waals surface area contributed by atoms with Crippen molar-refractivity contribution < 1.29 is 9.47 Å². The van der Waals surface area contributed by atoms with E-state index < -0.39 is 0 Å². The van der Waals surface area contributed by atoms with Gasteiger partial charge in [0.05, 0.1) is 0 Å². The molecule has 0 amide bonds. The van der Waals surface area contributed by atoms with Gasteiger partial charge in [-0.2, -0.15) is 0 Å². The Hall–Kier alpha value is -0.700. The molecule has 1 aliphatic heterocycles. The maximum absolute atomic E-state index is 5.56. The second kappa shape index (κ2) is 6.14. The molecule has 0 spiro atoms. The van der Waals surface area contributed by atoms with E-state index in [1.165, 1.54) is 24.8 Å². The van der Waals surface area contributed by atoms with E-state index in [1.54, 1.807) is 0 Å². The Morgan fingerprint density at radius 1 is 1.00 bits per heavy atom. The number of rotatable bonds is 5. The molecule has 1 aliphatic rings. The molecule has 1 aromatic carbocycles. The predicted molar refractivity (Wildman–Crippen MR) is 68.8 cm³/mol. The highest BCUT2D eigenvalue weighted by molar-refractivity contribution is 9.09. The summed E-state index contributed by atoms with van der Waals surface area (Å²) in [5.41, 5.74) is 1.35. The molecule has 16 heavy (non-hydrogen) atoms. The number of halogens is 1. The smallest absolute Gasteiger partial charge is 0.161 e.